The zero-order valence-corrected chi connectivity index (χ0v) is 21.2. The van der Waals surface area contributed by atoms with E-state index in [0.29, 0.717) is 23.8 Å². The summed E-state index contributed by atoms with van der Waals surface area (Å²) >= 11 is 5.70. The number of anilines is 1. The number of H-pyrrole nitrogens is 1. The Kier molecular flexibility index (Phi) is 7.70. The van der Waals surface area contributed by atoms with Gasteiger partial charge >= 0.3 is 5.97 Å². The van der Waals surface area contributed by atoms with Crippen molar-refractivity contribution in [2.45, 2.75) is 40.2 Å². The first-order valence-corrected chi connectivity index (χ1v) is 12.3. The largest absolute Gasteiger partial charge is 0.494 e. The molecule has 7 nitrogen and oxygen atoms in total. The van der Waals surface area contributed by atoms with Crippen LogP contribution in [0.25, 0.3) is 10.9 Å². The number of hydrogen-bond acceptors (Lipinski definition) is 5. The first-order chi connectivity index (χ1) is 16.8. The Balaban J connectivity index is 1.53. The molecule has 0 unspecified atom stereocenters. The fraction of sp³-hybridized carbons (Fsp3) is 0.370. The Morgan fingerprint density at radius 3 is 2.60 bits per heavy atom. The SMILES string of the molecule is CCOc1ccc(NC(=S)N(CCOC(=O)C2CC2)Cc2cc3cc(C)cc(C)c3[nH]c2=O)cc1. The molecule has 4 rings (SSSR count). The summed E-state index contributed by atoms with van der Waals surface area (Å²) < 4.78 is 10.9. The van der Waals surface area contributed by atoms with Gasteiger partial charge in [0.25, 0.3) is 5.56 Å². The van der Waals surface area contributed by atoms with Crippen LogP contribution < -0.4 is 15.6 Å². The van der Waals surface area contributed by atoms with E-state index in [1.54, 1.807) is 0 Å². The first kappa shape index (κ1) is 24.7. The number of aromatic amines is 1. The van der Waals surface area contributed by atoms with Crippen LogP contribution in [-0.2, 0) is 16.1 Å². The molecular weight excluding hydrogens is 462 g/mol. The second-order valence-electron chi connectivity index (χ2n) is 8.92. The number of hydrogen-bond donors (Lipinski definition) is 2. The van der Waals surface area contributed by atoms with Crippen LogP contribution in [0.15, 0.2) is 47.3 Å². The zero-order chi connectivity index (χ0) is 24.9. The number of rotatable bonds is 9. The number of benzene rings is 2. The van der Waals surface area contributed by atoms with Crippen molar-refractivity contribution in [1.82, 2.24) is 9.88 Å². The van der Waals surface area contributed by atoms with E-state index in [1.165, 1.54) is 0 Å². The van der Waals surface area contributed by atoms with Crippen LogP contribution in [0.5, 0.6) is 5.75 Å². The van der Waals surface area contributed by atoms with Crippen LogP contribution in [0.2, 0.25) is 0 Å². The number of ether oxygens (including phenoxy) is 2. The van der Waals surface area contributed by atoms with Gasteiger partial charge < -0.3 is 24.7 Å². The fourth-order valence-corrected chi connectivity index (χ4v) is 4.28. The van der Waals surface area contributed by atoms with E-state index in [2.05, 4.69) is 16.4 Å². The van der Waals surface area contributed by atoms with Gasteiger partial charge in [-0.3, -0.25) is 9.59 Å². The van der Waals surface area contributed by atoms with Gasteiger partial charge in [0.2, 0.25) is 0 Å². The highest BCUT2D eigenvalue weighted by molar-refractivity contribution is 7.80. The molecule has 0 atom stereocenters. The van der Waals surface area contributed by atoms with Gasteiger partial charge in [-0.1, -0.05) is 11.6 Å². The maximum absolute atomic E-state index is 12.9. The minimum atomic E-state index is -0.162. The minimum absolute atomic E-state index is 0.0344. The zero-order valence-electron chi connectivity index (χ0n) is 20.3. The molecule has 3 aromatic rings. The molecule has 1 aliphatic carbocycles. The van der Waals surface area contributed by atoms with E-state index in [0.717, 1.165) is 46.3 Å². The predicted molar refractivity (Wildman–Crippen MR) is 142 cm³/mol. The van der Waals surface area contributed by atoms with Crippen LogP contribution in [0.3, 0.4) is 0 Å². The van der Waals surface area contributed by atoms with Crippen molar-refractivity contribution in [3.63, 3.8) is 0 Å². The van der Waals surface area contributed by atoms with Gasteiger partial charge in [0.05, 0.1) is 31.1 Å². The van der Waals surface area contributed by atoms with Crippen molar-refractivity contribution < 1.29 is 14.3 Å². The quantitative estimate of drug-likeness (QED) is 0.330. The molecule has 0 aliphatic heterocycles. The number of carbonyl (C=O) groups excluding carboxylic acids is 1. The van der Waals surface area contributed by atoms with E-state index in [1.807, 2.05) is 62.1 Å². The highest BCUT2D eigenvalue weighted by Crippen LogP contribution is 2.30. The number of carbonyl (C=O) groups is 1. The van der Waals surface area contributed by atoms with E-state index in [9.17, 15) is 9.59 Å². The topological polar surface area (TPSA) is 83.7 Å². The highest BCUT2D eigenvalue weighted by Gasteiger charge is 2.31. The van der Waals surface area contributed by atoms with E-state index >= 15 is 0 Å². The summed E-state index contributed by atoms with van der Waals surface area (Å²) in [5.74, 6) is 0.651. The predicted octanol–water partition coefficient (Wildman–Crippen LogP) is 4.70. The van der Waals surface area contributed by atoms with E-state index in [4.69, 9.17) is 21.7 Å². The summed E-state index contributed by atoms with van der Waals surface area (Å²) in [5.41, 5.74) is 4.23. The molecule has 35 heavy (non-hydrogen) atoms. The summed E-state index contributed by atoms with van der Waals surface area (Å²) in [7, 11) is 0. The minimum Gasteiger partial charge on any atom is -0.494 e. The molecule has 8 heteroatoms. The Hall–Kier alpha value is -3.39. The Morgan fingerprint density at radius 1 is 1.17 bits per heavy atom. The number of nitrogens with one attached hydrogen (secondary N) is 2. The van der Waals surface area contributed by atoms with Crippen molar-refractivity contribution in [1.29, 1.82) is 0 Å². The van der Waals surface area contributed by atoms with Crippen LogP contribution in [0, 0.1) is 19.8 Å². The third kappa shape index (κ3) is 6.39. The Morgan fingerprint density at radius 2 is 1.91 bits per heavy atom. The number of nitrogens with zero attached hydrogens (tertiary/aromatic N) is 1. The van der Waals surface area contributed by atoms with Crippen LogP contribution in [0.1, 0.15) is 36.5 Å². The second kappa shape index (κ2) is 10.9. The summed E-state index contributed by atoms with van der Waals surface area (Å²) in [4.78, 5) is 29.8. The summed E-state index contributed by atoms with van der Waals surface area (Å²) in [6, 6.07) is 13.5. The van der Waals surface area contributed by atoms with Gasteiger partial charge in [-0.2, -0.15) is 0 Å². The van der Waals surface area contributed by atoms with Gasteiger partial charge in [-0.25, -0.2) is 0 Å². The lowest BCUT2D eigenvalue weighted by Crippen LogP contribution is -2.38. The third-order valence-corrected chi connectivity index (χ3v) is 6.31. The van der Waals surface area contributed by atoms with Gasteiger partial charge in [-0.05, 0) is 93.2 Å². The van der Waals surface area contributed by atoms with Gasteiger partial charge in [0.15, 0.2) is 5.11 Å². The molecule has 0 radical (unpaired) electrons. The fourth-order valence-electron chi connectivity index (χ4n) is 4.00. The van der Waals surface area contributed by atoms with Crippen molar-refractivity contribution in [3.8, 4) is 5.75 Å². The van der Waals surface area contributed by atoms with Gasteiger partial charge in [0, 0.05) is 11.3 Å². The molecule has 2 N–H and O–H groups in total. The monoisotopic (exact) mass is 493 g/mol. The van der Waals surface area contributed by atoms with Crippen molar-refractivity contribution in [3.05, 3.63) is 69.5 Å². The Bertz CT molecular complexity index is 1280. The number of aromatic nitrogens is 1. The molecule has 184 valence electrons. The molecule has 0 spiro atoms. The summed E-state index contributed by atoms with van der Waals surface area (Å²) in [6.45, 7) is 7.40. The summed E-state index contributed by atoms with van der Waals surface area (Å²) in [5, 5.41) is 4.64. The maximum Gasteiger partial charge on any atom is 0.308 e. The van der Waals surface area contributed by atoms with Crippen molar-refractivity contribution in [2.75, 3.05) is 25.1 Å². The molecule has 1 heterocycles. The lowest BCUT2D eigenvalue weighted by molar-refractivity contribution is -0.145. The highest BCUT2D eigenvalue weighted by atomic mass is 32.1. The van der Waals surface area contributed by atoms with E-state index in [-0.39, 0.29) is 30.6 Å². The maximum atomic E-state index is 12.9. The second-order valence-corrected chi connectivity index (χ2v) is 9.31. The third-order valence-electron chi connectivity index (χ3n) is 5.95. The molecular formula is C27H31N3O4S. The number of fused-ring (bicyclic) bond motifs is 1. The van der Waals surface area contributed by atoms with Crippen LogP contribution >= 0.6 is 12.2 Å². The number of esters is 1. The molecule has 0 amide bonds. The molecule has 0 saturated heterocycles. The molecule has 1 fully saturated rings. The summed E-state index contributed by atoms with van der Waals surface area (Å²) in [6.07, 6.45) is 1.79. The van der Waals surface area contributed by atoms with Gasteiger partial charge in [0.1, 0.15) is 12.4 Å². The molecule has 1 saturated carbocycles. The van der Waals surface area contributed by atoms with Crippen molar-refractivity contribution >= 4 is 39.9 Å². The van der Waals surface area contributed by atoms with E-state index < -0.39 is 0 Å². The van der Waals surface area contributed by atoms with Gasteiger partial charge in [-0.15, -0.1) is 0 Å². The Labute approximate surface area is 210 Å². The number of thiocarbonyl (C=S) groups is 1. The lowest BCUT2D eigenvalue weighted by atomic mass is 10.1. The van der Waals surface area contributed by atoms with Crippen LogP contribution in [-0.4, -0.2) is 40.7 Å². The molecule has 2 aromatic carbocycles. The standard InChI is InChI=1S/C27H31N3O4S/c1-4-33-23-9-7-22(8-10-23)28-27(35)30(11-12-34-26(32)19-5-6-19)16-21-15-20-14-17(2)13-18(3)24(20)29-25(21)31/h7-10,13-15,19H,4-6,11-12,16H2,1-3H3,(H,28,35)(H,29,31). The molecule has 0 bridgehead atoms. The smallest absolute Gasteiger partial charge is 0.308 e. The molecule has 1 aromatic heterocycles. The normalized spacial score (nSPS) is 12.9. The molecule has 1 aliphatic rings. The average molecular weight is 494 g/mol. The average Bonchev–Trinajstić information content (AvgIpc) is 3.66. The number of pyridine rings is 1. The van der Waals surface area contributed by atoms with Crippen LogP contribution in [0.4, 0.5) is 5.69 Å². The van der Waals surface area contributed by atoms with Crippen molar-refractivity contribution in [2.24, 2.45) is 5.92 Å². The first-order valence-electron chi connectivity index (χ1n) is 11.9. The number of aryl methyl sites for hydroxylation is 2. The lowest BCUT2D eigenvalue weighted by Gasteiger charge is -2.26.